The minimum absolute atomic E-state index is 0.0389. The molecule has 7 nitrogen and oxygen atoms in total. The molecule has 0 bridgehead atoms. The van der Waals surface area contributed by atoms with Crippen molar-refractivity contribution in [3.63, 3.8) is 0 Å². The van der Waals surface area contributed by atoms with E-state index in [0.717, 1.165) is 63.9 Å². The monoisotopic (exact) mass is 424 g/mol. The molecule has 2 saturated heterocycles. The Morgan fingerprint density at radius 3 is 2.00 bits per heavy atom. The molecule has 166 valence electrons. The second-order valence-electron chi connectivity index (χ2n) is 8.03. The summed E-state index contributed by atoms with van der Waals surface area (Å²) < 4.78 is 10.7. The maximum absolute atomic E-state index is 12.8. The van der Waals surface area contributed by atoms with Gasteiger partial charge in [-0.05, 0) is 55.5 Å². The number of rotatable bonds is 6. The number of hydrogen-bond acceptors (Lipinski definition) is 6. The van der Waals surface area contributed by atoms with Gasteiger partial charge >= 0.3 is 0 Å². The molecular formula is C24H32N4O3. The Kier molecular flexibility index (Phi) is 6.94. The van der Waals surface area contributed by atoms with Crippen molar-refractivity contribution in [3.05, 3.63) is 48.5 Å². The third kappa shape index (κ3) is 5.29. The van der Waals surface area contributed by atoms with Crippen molar-refractivity contribution in [2.24, 2.45) is 0 Å². The van der Waals surface area contributed by atoms with Gasteiger partial charge in [-0.15, -0.1) is 0 Å². The van der Waals surface area contributed by atoms with Crippen LogP contribution in [0.1, 0.15) is 6.92 Å². The molecule has 2 aliphatic heterocycles. The molecule has 1 N–H and O–H groups in total. The van der Waals surface area contributed by atoms with Gasteiger partial charge in [-0.1, -0.05) is 0 Å². The van der Waals surface area contributed by atoms with E-state index in [9.17, 15) is 4.79 Å². The number of hydrogen-bond donors (Lipinski definition) is 1. The maximum atomic E-state index is 12.8. The minimum Gasteiger partial charge on any atom is -0.497 e. The lowest BCUT2D eigenvalue weighted by Crippen LogP contribution is -2.52. The number of methoxy groups -OCH3 is 1. The van der Waals surface area contributed by atoms with Gasteiger partial charge in [-0.2, -0.15) is 0 Å². The number of amides is 1. The van der Waals surface area contributed by atoms with E-state index in [1.807, 2.05) is 31.2 Å². The zero-order valence-corrected chi connectivity index (χ0v) is 18.4. The number of carbonyl (C=O) groups is 1. The van der Waals surface area contributed by atoms with Crippen LogP contribution in [0, 0.1) is 0 Å². The molecule has 0 aliphatic carbocycles. The Balaban J connectivity index is 1.27. The molecule has 0 unspecified atom stereocenters. The number of morpholine rings is 1. The summed E-state index contributed by atoms with van der Waals surface area (Å²) in [4.78, 5) is 19.7. The van der Waals surface area contributed by atoms with Crippen molar-refractivity contribution >= 4 is 23.0 Å². The van der Waals surface area contributed by atoms with Gasteiger partial charge in [-0.3, -0.25) is 9.69 Å². The summed E-state index contributed by atoms with van der Waals surface area (Å²) in [6, 6.07) is 16.1. The fourth-order valence-corrected chi connectivity index (χ4v) is 4.15. The maximum Gasteiger partial charge on any atom is 0.241 e. The number of carbonyl (C=O) groups excluding carboxylic acids is 1. The lowest BCUT2D eigenvalue weighted by atomic mass is 10.2. The van der Waals surface area contributed by atoms with Crippen LogP contribution in [0.5, 0.6) is 5.75 Å². The molecule has 0 spiro atoms. The van der Waals surface area contributed by atoms with Crippen LogP contribution < -0.4 is 19.9 Å². The zero-order chi connectivity index (χ0) is 21.6. The molecule has 0 radical (unpaired) electrons. The first kappa shape index (κ1) is 21.5. The summed E-state index contributed by atoms with van der Waals surface area (Å²) in [5, 5.41) is 3.07. The van der Waals surface area contributed by atoms with E-state index >= 15 is 0 Å². The highest BCUT2D eigenvalue weighted by Gasteiger charge is 2.26. The summed E-state index contributed by atoms with van der Waals surface area (Å²) in [7, 11) is 1.68. The van der Waals surface area contributed by atoms with Gasteiger partial charge in [-0.25, -0.2) is 0 Å². The Morgan fingerprint density at radius 1 is 0.871 bits per heavy atom. The summed E-state index contributed by atoms with van der Waals surface area (Å²) in [6.45, 7) is 8.85. The van der Waals surface area contributed by atoms with Gasteiger partial charge < -0.3 is 24.6 Å². The van der Waals surface area contributed by atoms with Gasteiger partial charge in [0.15, 0.2) is 0 Å². The topological polar surface area (TPSA) is 57.3 Å². The van der Waals surface area contributed by atoms with Crippen LogP contribution in [0.15, 0.2) is 48.5 Å². The normalized spacial score (nSPS) is 18.5. The van der Waals surface area contributed by atoms with Gasteiger partial charge in [0.25, 0.3) is 0 Å². The smallest absolute Gasteiger partial charge is 0.241 e. The van der Waals surface area contributed by atoms with Crippen LogP contribution in [0.25, 0.3) is 0 Å². The summed E-state index contributed by atoms with van der Waals surface area (Å²) in [6.07, 6.45) is 0. The summed E-state index contributed by atoms with van der Waals surface area (Å²) in [5.41, 5.74) is 3.20. The second-order valence-corrected chi connectivity index (χ2v) is 8.03. The zero-order valence-electron chi connectivity index (χ0n) is 18.4. The lowest BCUT2D eigenvalue weighted by Gasteiger charge is -2.38. The van der Waals surface area contributed by atoms with E-state index in [4.69, 9.17) is 9.47 Å². The molecule has 2 fully saturated rings. The van der Waals surface area contributed by atoms with Gasteiger partial charge in [0.05, 0.1) is 26.4 Å². The average Bonchev–Trinajstić information content (AvgIpc) is 2.85. The van der Waals surface area contributed by atoms with E-state index in [0.29, 0.717) is 0 Å². The highest BCUT2D eigenvalue weighted by molar-refractivity contribution is 5.94. The second kappa shape index (κ2) is 10.0. The Morgan fingerprint density at radius 2 is 1.42 bits per heavy atom. The highest BCUT2D eigenvalue weighted by Crippen LogP contribution is 2.22. The Bertz CT molecular complexity index is 842. The van der Waals surface area contributed by atoms with Crippen LogP contribution in [0.2, 0.25) is 0 Å². The van der Waals surface area contributed by atoms with E-state index in [-0.39, 0.29) is 11.9 Å². The van der Waals surface area contributed by atoms with E-state index < -0.39 is 0 Å². The van der Waals surface area contributed by atoms with Crippen molar-refractivity contribution in [2.45, 2.75) is 13.0 Å². The first-order chi connectivity index (χ1) is 15.1. The van der Waals surface area contributed by atoms with Crippen molar-refractivity contribution < 1.29 is 14.3 Å². The van der Waals surface area contributed by atoms with Crippen LogP contribution in [-0.4, -0.2) is 76.4 Å². The number of piperazine rings is 1. The molecule has 2 aromatic carbocycles. The molecule has 31 heavy (non-hydrogen) atoms. The summed E-state index contributed by atoms with van der Waals surface area (Å²) in [5.74, 6) is 0.905. The number of anilines is 3. The van der Waals surface area contributed by atoms with E-state index in [1.165, 1.54) is 11.4 Å². The van der Waals surface area contributed by atoms with Crippen molar-refractivity contribution in [1.82, 2.24) is 4.90 Å². The average molecular weight is 425 g/mol. The SMILES string of the molecule is COc1ccc(N2CCN([C@H](C)C(=O)Nc3ccc(N4CCOCC4)cc3)CC2)cc1. The van der Waals surface area contributed by atoms with E-state index in [2.05, 4.69) is 44.3 Å². The summed E-state index contributed by atoms with van der Waals surface area (Å²) >= 11 is 0. The van der Waals surface area contributed by atoms with E-state index in [1.54, 1.807) is 7.11 Å². The number of ether oxygens (including phenoxy) is 2. The van der Waals surface area contributed by atoms with Gasteiger partial charge in [0.2, 0.25) is 5.91 Å². The molecule has 4 rings (SSSR count). The minimum atomic E-state index is -0.170. The molecule has 1 amide bonds. The molecule has 0 saturated carbocycles. The van der Waals surface area contributed by atoms with Crippen molar-refractivity contribution in [2.75, 3.05) is 74.7 Å². The van der Waals surface area contributed by atoms with Crippen molar-refractivity contribution in [1.29, 1.82) is 0 Å². The first-order valence-corrected chi connectivity index (χ1v) is 11.0. The Labute approximate surface area is 184 Å². The molecular weight excluding hydrogens is 392 g/mol. The largest absolute Gasteiger partial charge is 0.497 e. The van der Waals surface area contributed by atoms with Crippen LogP contribution in [0.3, 0.4) is 0 Å². The predicted molar refractivity (Wildman–Crippen MR) is 124 cm³/mol. The first-order valence-electron chi connectivity index (χ1n) is 11.0. The molecule has 7 heteroatoms. The van der Waals surface area contributed by atoms with Crippen LogP contribution in [0.4, 0.5) is 17.1 Å². The number of nitrogens with one attached hydrogen (secondary N) is 1. The molecule has 1 atom stereocenters. The third-order valence-electron chi connectivity index (χ3n) is 6.19. The Hall–Kier alpha value is -2.77. The highest BCUT2D eigenvalue weighted by atomic mass is 16.5. The molecule has 2 heterocycles. The lowest BCUT2D eigenvalue weighted by molar-refractivity contribution is -0.120. The standard InChI is InChI=1S/C24H32N4O3/c1-19(26-11-13-27(14-12-26)22-7-9-23(30-2)10-8-22)24(29)25-20-3-5-21(6-4-20)28-15-17-31-18-16-28/h3-10,19H,11-18H2,1-2H3,(H,25,29)/t19-/m1/s1. The number of benzene rings is 2. The fourth-order valence-electron chi connectivity index (χ4n) is 4.15. The quantitative estimate of drug-likeness (QED) is 0.770. The predicted octanol–water partition coefficient (Wildman–Crippen LogP) is 2.68. The third-order valence-corrected chi connectivity index (χ3v) is 6.19. The van der Waals surface area contributed by atoms with Gasteiger partial charge in [0, 0.05) is 56.3 Å². The molecule has 2 aliphatic rings. The fraction of sp³-hybridized carbons (Fsp3) is 0.458. The van der Waals surface area contributed by atoms with Crippen LogP contribution in [-0.2, 0) is 9.53 Å². The van der Waals surface area contributed by atoms with Crippen molar-refractivity contribution in [3.8, 4) is 5.75 Å². The molecule has 0 aromatic heterocycles. The van der Waals surface area contributed by atoms with Crippen LogP contribution >= 0.6 is 0 Å². The molecule has 2 aromatic rings. The number of nitrogens with zero attached hydrogens (tertiary/aromatic N) is 3. The van der Waals surface area contributed by atoms with Gasteiger partial charge in [0.1, 0.15) is 5.75 Å².